The van der Waals surface area contributed by atoms with Crippen LogP contribution in [0.15, 0.2) is 18.2 Å². The number of ether oxygens (including phenoxy) is 1. The second kappa shape index (κ2) is 9.94. The van der Waals surface area contributed by atoms with Gasteiger partial charge in [0.2, 0.25) is 0 Å². The molecule has 0 aliphatic heterocycles. The van der Waals surface area contributed by atoms with Crippen molar-refractivity contribution in [3.8, 4) is 5.75 Å². The van der Waals surface area contributed by atoms with Gasteiger partial charge in [-0.15, -0.1) is 0 Å². The van der Waals surface area contributed by atoms with E-state index < -0.39 is 11.7 Å². The van der Waals surface area contributed by atoms with Crippen molar-refractivity contribution < 1.29 is 14.9 Å². The quantitative estimate of drug-likeness (QED) is 0.615. The van der Waals surface area contributed by atoms with E-state index in [1.165, 1.54) is 0 Å². The predicted molar refractivity (Wildman–Crippen MR) is 95.9 cm³/mol. The van der Waals surface area contributed by atoms with E-state index in [9.17, 15) is 10.2 Å². The van der Waals surface area contributed by atoms with Crippen LogP contribution in [-0.2, 0) is 6.42 Å². The summed E-state index contributed by atoms with van der Waals surface area (Å²) in [6.07, 6.45) is 6.49. The number of methoxy groups -OCH3 is 1. The molecule has 1 rings (SSSR count). The molecule has 2 N–H and O–H groups in total. The lowest BCUT2D eigenvalue weighted by Gasteiger charge is -2.27. The second-order valence-corrected chi connectivity index (χ2v) is 6.64. The Hall–Kier alpha value is -1.06. The van der Waals surface area contributed by atoms with Gasteiger partial charge >= 0.3 is 0 Å². The molecule has 1 aromatic rings. The first-order valence-corrected chi connectivity index (χ1v) is 9.06. The molecule has 3 heteroatoms. The summed E-state index contributed by atoms with van der Waals surface area (Å²) in [6, 6.07) is 5.98. The molecular weight excluding hydrogens is 288 g/mol. The van der Waals surface area contributed by atoms with Crippen molar-refractivity contribution in [1.82, 2.24) is 0 Å². The standard InChI is InChI=1S/C20H34O3/c1-5-8-19(21)17-13-16(14-18(15-17)23-4)9-12-20(22,10-6-2)11-7-3/h13-15,19,21-22H,5-12H2,1-4H3. The van der Waals surface area contributed by atoms with Crippen LogP contribution in [0.1, 0.15) is 82.9 Å². The molecular formula is C20H34O3. The number of aliphatic hydroxyl groups is 2. The van der Waals surface area contributed by atoms with Gasteiger partial charge in [0.05, 0.1) is 18.8 Å². The molecule has 0 fully saturated rings. The fourth-order valence-corrected chi connectivity index (χ4v) is 3.26. The summed E-state index contributed by atoms with van der Waals surface area (Å²) in [5, 5.41) is 21.0. The van der Waals surface area contributed by atoms with E-state index in [2.05, 4.69) is 26.8 Å². The summed E-state index contributed by atoms with van der Waals surface area (Å²) in [4.78, 5) is 0. The molecule has 0 heterocycles. The van der Waals surface area contributed by atoms with Crippen LogP contribution in [0.4, 0.5) is 0 Å². The van der Waals surface area contributed by atoms with Gasteiger partial charge in [-0.1, -0.05) is 46.1 Å². The summed E-state index contributed by atoms with van der Waals surface area (Å²) in [6.45, 7) is 6.30. The highest BCUT2D eigenvalue weighted by Crippen LogP contribution is 2.29. The number of hydrogen-bond donors (Lipinski definition) is 2. The molecule has 1 unspecified atom stereocenters. The first-order chi connectivity index (χ1) is 11.0. The lowest BCUT2D eigenvalue weighted by molar-refractivity contribution is 0.0132. The maximum Gasteiger partial charge on any atom is 0.119 e. The van der Waals surface area contributed by atoms with Crippen LogP contribution in [0.5, 0.6) is 5.75 Å². The first-order valence-electron chi connectivity index (χ1n) is 9.06. The van der Waals surface area contributed by atoms with E-state index in [1.54, 1.807) is 7.11 Å². The van der Waals surface area contributed by atoms with Gasteiger partial charge in [-0.05, 0) is 55.4 Å². The zero-order valence-corrected chi connectivity index (χ0v) is 15.3. The van der Waals surface area contributed by atoms with E-state index >= 15 is 0 Å². The maximum atomic E-state index is 10.8. The van der Waals surface area contributed by atoms with Crippen molar-refractivity contribution in [3.63, 3.8) is 0 Å². The van der Waals surface area contributed by atoms with Gasteiger partial charge in [0.1, 0.15) is 5.75 Å². The van der Waals surface area contributed by atoms with E-state index in [0.717, 1.165) is 68.2 Å². The molecule has 0 aliphatic carbocycles. The van der Waals surface area contributed by atoms with E-state index in [4.69, 9.17) is 4.74 Å². The third kappa shape index (κ3) is 6.52. The number of benzene rings is 1. The topological polar surface area (TPSA) is 49.7 Å². The number of aliphatic hydroxyl groups excluding tert-OH is 1. The summed E-state index contributed by atoms with van der Waals surface area (Å²) in [5.41, 5.74) is 1.46. The van der Waals surface area contributed by atoms with Gasteiger partial charge in [-0.2, -0.15) is 0 Å². The Morgan fingerprint density at radius 1 is 1.00 bits per heavy atom. The van der Waals surface area contributed by atoms with Crippen LogP contribution in [0.2, 0.25) is 0 Å². The number of rotatable bonds is 11. The van der Waals surface area contributed by atoms with Crippen molar-refractivity contribution in [1.29, 1.82) is 0 Å². The van der Waals surface area contributed by atoms with Gasteiger partial charge in [-0.3, -0.25) is 0 Å². The van der Waals surface area contributed by atoms with Gasteiger partial charge in [-0.25, -0.2) is 0 Å². The van der Waals surface area contributed by atoms with Crippen LogP contribution >= 0.6 is 0 Å². The van der Waals surface area contributed by atoms with E-state index in [1.807, 2.05) is 12.1 Å². The molecule has 0 bridgehead atoms. The smallest absolute Gasteiger partial charge is 0.119 e. The second-order valence-electron chi connectivity index (χ2n) is 6.64. The molecule has 3 nitrogen and oxygen atoms in total. The lowest BCUT2D eigenvalue weighted by Crippen LogP contribution is -2.29. The minimum absolute atomic E-state index is 0.445. The fourth-order valence-electron chi connectivity index (χ4n) is 3.26. The molecule has 0 saturated heterocycles. The molecule has 0 radical (unpaired) electrons. The highest BCUT2D eigenvalue weighted by atomic mass is 16.5. The molecule has 0 spiro atoms. The minimum atomic E-state index is -0.575. The normalized spacial score (nSPS) is 13.1. The first kappa shape index (κ1) is 20.0. The van der Waals surface area contributed by atoms with Gasteiger partial charge in [0, 0.05) is 0 Å². The van der Waals surface area contributed by atoms with Crippen molar-refractivity contribution in [2.24, 2.45) is 0 Å². The van der Waals surface area contributed by atoms with Crippen molar-refractivity contribution in [2.75, 3.05) is 7.11 Å². The summed E-state index contributed by atoms with van der Waals surface area (Å²) < 4.78 is 5.38. The Bertz CT molecular complexity index is 450. The highest BCUT2D eigenvalue weighted by molar-refractivity contribution is 5.35. The molecule has 0 aromatic heterocycles. The number of hydrogen-bond acceptors (Lipinski definition) is 3. The van der Waals surface area contributed by atoms with E-state index in [-0.39, 0.29) is 0 Å². The minimum Gasteiger partial charge on any atom is -0.497 e. The molecule has 23 heavy (non-hydrogen) atoms. The summed E-state index contributed by atoms with van der Waals surface area (Å²) >= 11 is 0. The Labute approximate surface area is 141 Å². The van der Waals surface area contributed by atoms with Crippen molar-refractivity contribution in [2.45, 2.75) is 83.8 Å². The predicted octanol–water partition coefficient (Wildman–Crippen LogP) is 4.79. The van der Waals surface area contributed by atoms with Gasteiger partial charge < -0.3 is 14.9 Å². The van der Waals surface area contributed by atoms with Crippen molar-refractivity contribution in [3.05, 3.63) is 29.3 Å². The van der Waals surface area contributed by atoms with Crippen LogP contribution in [0.3, 0.4) is 0 Å². The SMILES string of the molecule is CCCC(O)c1cc(CCC(O)(CCC)CCC)cc(OC)c1. The molecule has 0 amide bonds. The van der Waals surface area contributed by atoms with Gasteiger partial charge in [0.15, 0.2) is 0 Å². The highest BCUT2D eigenvalue weighted by Gasteiger charge is 2.24. The average molecular weight is 322 g/mol. The van der Waals surface area contributed by atoms with E-state index in [0.29, 0.717) is 0 Å². The Balaban J connectivity index is 2.87. The molecule has 1 atom stereocenters. The maximum absolute atomic E-state index is 10.8. The fraction of sp³-hybridized carbons (Fsp3) is 0.700. The molecule has 0 saturated carbocycles. The monoisotopic (exact) mass is 322 g/mol. The summed E-state index contributed by atoms with van der Waals surface area (Å²) in [5.74, 6) is 0.780. The molecule has 1 aromatic carbocycles. The Morgan fingerprint density at radius 2 is 1.65 bits per heavy atom. The lowest BCUT2D eigenvalue weighted by atomic mass is 9.86. The van der Waals surface area contributed by atoms with Crippen LogP contribution < -0.4 is 4.74 Å². The molecule has 132 valence electrons. The Morgan fingerprint density at radius 3 is 2.17 bits per heavy atom. The van der Waals surface area contributed by atoms with Crippen LogP contribution in [-0.4, -0.2) is 22.9 Å². The summed E-state index contributed by atoms with van der Waals surface area (Å²) in [7, 11) is 1.65. The number of aryl methyl sites for hydroxylation is 1. The largest absolute Gasteiger partial charge is 0.497 e. The molecule has 0 aliphatic rings. The average Bonchev–Trinajstić information content (AvgIpc) is 2.53. The van der Waals surface area contributed by atoms with Gasteiger partial charge in [0.25, 0.3) is 0 Å². The zero-order chi connectivity index (χ0) is 17.3. The third-order valence-corrected chi connectivity index (χ3v) is 4.48. The van der Waals surface area contributed by atoms with Crippen molar-refractivity contribution >= 4 is 0 Å². The zero-order valence-electron chi connectivity index (χ0n) is 15.3. The van der Waals surface area contributed by atoms with Crippen LogP contribution in [0.25, 0.3) is 0 Å². The third-order valence-electron chi connectivity index (χ3n) is 4.48. The Kier molecular flexibility index (Phi) is 8.64. The van der Waals surface area contributed by atoms with Crippen LogP contribution in [0, 0.1) is 0 Å².